The average molecular weight is 307 g/mol. The van der Waals surface area contributed by atoms with E-state index < -0.39 is 18.1 Å². The van der Waals surface area contributed by atoms with Gasteiger partial charge in [0.2, 0.25) is 0 Å². The highest BCUT2D eigenvalue weighted by atomic mass is 19.4. The Kier molecular flexibility index (Phi) is 3.81. The highest BCUT2D eigenvalue weighted by molar-refractivity contribution is 6.07. The van der Waals surface area contributed by atoms with Gasteiger partial charge in [-0.05, 0) is 36.1 Å². The summed E-state index contributed by atoms with van der Waals surface area (Å²) in [6.45, 7) is 0.159. The lowest BCUT2D eigenvalue weighted by atomic mass is 9.98. The summed E-state index contributed by atoms with van der Waals surface area (Å²) in [6.07, 6.45) is -3.27. The van der Waals surface area contributed by atoms with E-state index in [1.165, 1.54) is 0 Å². The Morgan fingerprint density at radius 1 is 1.05 bits per heavy atom. The van der Waals surface area contributed by atoms with Gasteiger partial charge in [-0.2, -0.15) is 13.2 Å². The second-order valence-electron chi connectivity index (χ2n) is 5.58. The maximum atomic E-state index is 13.2. The number of hydrogen-bond donors (Lipinski definition) is 0. The summed E-state index contributed by atoms with van der Waals surface area (Å²) < 4.78 is 39.6. The van der Waals surface area contributed by atoms with Crippen LogP contribution in [0.25, 0.3) is 10.8 Å². The molecule has 1 aliphatic rings. The van der Waals surface area contributed by atoms with Gasteiger partial charge in [-0.3, -0.25) is 4.79 Å². The number of likely N-dealkylation sites (tertiary alicyclic amines) is 1. The molecule has 3 rings (SSSR count). The van der Waals surface area contributed by atoms with Crippen LogP contribution in [0.2, 0.25) is 0 Å². The summed E-state index contributed by atoms with van der Waals surface area (Å²) in [6, 6.07) is 10.7. The van der Waals surface area contributed by atoms with Gasteiger partial charge in [0, 0.05) is 12.1 Å². The first-order chi connectivity index (χ1) is 10.5. The van der Waals surface area contributed by atoms with Crippen molar-refractivity contribution in [3.63, 3.8) is 0 Å². The van der Waals surface area contributed by atoms with Gasteiger partial charge in [0.05, 0.1) is 0 Å². The van der Waals surface area contributed by atoms with E-state index in [2.05, 4.69) is 0 Å². The van der Waals surface area contributed by atoms with E-state index >= 15 is 0 Å². The maximum Gasteiger partial charge on any atom is 0.408 e. The predicted molar refractivity (Wildman–Crippen MR) is 78.7 cm³/mol. The van der Waals surface area contributed by atoms with Crippen molar-refractivity contribution in [3.8, 4) is 0 Å². The average Bonchev–Trinajstić information content (AvgIpc) is 2.53. The molecule has 0 spiro atoms. The van der Waals surface area contributed by atoms with Crippen LogP contribution in [0.15, 0.2) is 42.5 Å². The fourth-order valence-electron chi connectivity index (χ4n) is 3.08. The van der Waals surface area contributed by atoms with E-state index in [4.69, 9.17) is 0 Å². The van der Waals surface area contributed by atoms with E-state index in [1.807, 2.05) is 18.2 Å². The van der Waals surface area contributed by atoms with Crippen molar-refractivity contribution in [1.29, 1.82) is 0 Å². The molecule has 22 heavy (non-hydrogen) atoms. The van der Waals surface area contributed by atoms with E-state index in [0.29, 0.717) is 23.8 Å². The Labute approximate surface area is 126 Å². The topological polar surface area (TPSA) is 20.3 Å². The second kappa shape index (κ2) is 5.63. The van der Waals surface area contributed by atoms with Gasteiger partial charge < -0.3 is 4.90 Å². The first-order valence-electron chi connectivity index (χ1n) is 7.34. The Morgan fingerprint density at radius 3 is 2.55 bits per heavy atom. The van der Waals surface area contributed by atoms with Crippen molar-refractivity contribution in [2.75, 3.05) is 6.54 Å². The lowest BCUT2D eigenvalue weighted by molar-refractivity contribution is -0.183. The van der Waals surface area contributed by atoms with Gasteiger partial charge in [-0.15, -0.1) is 0 Å². The Morgan fingerprint density at radius 2 is 1.77 bits per heavy atom. The lowest BCUT2D eigenvalue weighted by Crippen LogP contribution is -2.51. The van der Waals surface area contributed by atoms with Crippen LogP contribution in [0.5, 0.6) is 0 Å². The zero-order chi connectivity index (χ0) is 15.7. The first-order valence-corrected chi connectivity index (χ1v) is 7.34. The second-order valence-corrected chi connectivity index (χ2v) is 5.58. The van der Waals surface area contributed by atoms with Gasteiger partial charge in [-0.25, -0.2) is 0 Å². The monoisotopic (exact) mass is 307 g/mol. The van der Waals surface area contributed by atoms with E-state index in [9.17, 15) is 18.0 Å². The number of piperidine rings is 1. The maximum absolute atomic E-state index is 13.2. The number of benzene rings is 2. The number of rotatable bonds is 1. The van der Waals surface area contributed by atoms with Crippen LogP contribution in [-0.4, -0.2) is 29.6 Å². The largest absolute Gasteiger partial charge is 0.408 e. The molecule has 2 aromatic carbocycles. The summed E-state index contributed by atoms with van der Waals surface area (Å²) in [5.74, 6) is -0.529. The molecule has 1 aliphatic heterocycles. The van der Waals surface area contributed by atoms with Crippen molar-refractivity contribution in [1.82, 2.24) is 4.90 Å². The number of carbonyl (C=O) groups excluding carboxylic acids is 1. The molecular weight excluding hydrogens is 291 g/mol. The molecule has 116 valence electrons. The number of alkyl halides is 3. The molecule has 0 saturated carbocycles. The highest BCUT2D eigenvalue weighted by Gasteiger charge is 2.46. The number of fused-ring (bicyclic) bond motifs is 1. The van der Waals surface area contributed by atoms with Gasteiger partial charge in [0.1, 0.15) is 6.04 Å². The molecule has 2 nitrogen and oxygen atoms in total. The number of nitrogens with zero attached hydrogens (tertiary/aromatic N) is 1. The smallest absolute Gasteiger partial charge is 0.327 e. The van der Waals surface area contributed by atoms with Crippen molar-refractivity contribution >= 4 is 16.7 Å². The van der Waals surface area contributed by atoms with Crippen molar-refractivity contribution in [2.45, 2.75) is 31.5 Å². The Hall–Kier alpha value is -2.04. The number of hydrogen-bond acceptors (Lipinski definition) is 1. The minimum absolute atomic E-state index is 0.0139. The third kappa shape index (κ3) is 2.67. The summed E-state index contributed by atoms with van der Waals surface area (Å²) in [5, 5.41) is 1.55. The minimum Gasteiger partial charge on any atom is -0.327 e. The first kappa shape index (κ1) is 14.9. The molecule has 2 aromatic rings. The van der Waals surface area contributed by atoms with Crippen LogP contribution in [-0.2, 0) is 0 Å². The molecule has 1 amide bonds. The molecule has 1 heterocycles. The standard InChI is InChI=1S/C17H16F3NO/c18-17(19,20)15-10-3-4-11-21(15)16(22)14-9-5-7-12-6-1-2-8-13(12)14/h1-2,5-9,15H,3-4,10-11H2. The van der Waals surface area contributed by atoms with Crippen molar-refractivity contribution in [3.05, 3.63) is 48.0 Å². The van der Waals surface area contributed by atoms with E-state index in [-0.39, 0.29) is 13.0 Å². The molecule has 0 aliphatic carbocycles. The van der Waals surface area contributed by atoms with E-state index in [1.54, 1.807) is 24.3 Å². The van der Waals surface area contributed by atoms with Gasteiger partial charge in [-0.1, -0.05) is 36.4 Å². The third-order valence-corrected chi connectivity index (χ3v) is 4.16. The quantitative estimate of drug-likeness (QED) is 0.765. The molecule has 1 unspecified atom stereocenters. The van der Waals surface area contributed by atoms with Gasteiger partial charge in [0.15, 0.2) is 0 Å². The van der Waals surface area contributed by atoms with Crippen molar-refractivity contribution in [2.24, 2.45) is 0 Å². The lowest BCUT2D eigenvalue weighted by Gasteiger charge is -2.37. The van der Waals surface area contributed by atoms with E-state index in [0.717, 1.165) is 10.3 Å². The molecule has 5 heteroatoms. The van der Waals surface area contributed by atoms with Crippen molar-refractivity contribution < 1.29 is 18.0 Å². The zero-order valence-corrected chi connectivity index (χ0v) is 11.9. The molecule has 1 saturated heterocycles. The minimum atomic E-state index is -4.37. The molecule has 0 aromatic heterocycles. The van der Waals surface area contributed by atoms with Crippen LogP contribution in [0.4, 0.5) is 13.2 Å². The number of carbonyl (C=O) groups is 1. The highest BCUT2D eigenvalue weighted by Crippen LogP contribution is 2.33. The summed E-state index contributed by atoms with van der Waals surface area (Å²) >= 11 is 0. The SMILES string of the molecule is O=C(c1cccc2ccccc12)N1CCCCC1C(F)(F)F. The number of amides is 1. The predicted octanol–water partition coefficient (Wildman–Crippen LogP) is 4.40. The normalized spacial score (nSPS) is 19.4. The Bertz CT molecular complexity index is 690. The Balaban J connectivity index is 2.01. The van der Waals surface area contributed by atoms with Crippen LogP contribution < -0.4 is 0 Å². The van der Waals surface area contributed by atoms with Crippen LogP contribution in [0.3, 0.4) is 0 Å². The summed E-state index contributed by atoms with van der Waals surface area (Å²) in [7, 11) is 0. The molecule has 1 fully saturated rings. The fraction of sp³-hybridized carbons (Fsp3) is 0.353. The van der Waals surface area contributed by atoms with Crippen LogP contribution in [0.1, 0.15) is 29.6 Å². The third-order valence-electron chi connectivity index (χ3n) is 4.16. The molecule has 0 radical (unpaired) electrons. The molecule has 1 atom stereocenters. The van der Waals surface area contributed by atoms with Crippen LogP contribution in [0, 0.1) is 0 Å². The van der Waals surface area contributed by atoms with Crippen LogP contribution >= 0.6 is 0 Å². The molecule has 0 N–H and O–H groups in total. The van der Waals surface area contributed by atoms with Gasteiger partial charge in [0.25, 0.3) is 5.91 Å². The summed E-state index contributed by atoms with van der Waals surface area (Å²) in [5.41, 5.74) is 0.342. The summed E-state index contributed by atoms with van der Waals surface area (Å²) in [4.78, 5) is 13.7. The fourth-order valence-corrected chi connectivity index (χ4v) is 3.08. The van der Waals surface area contributed by atoms with Gasteiger partial charge >= 0.3 is 6.18 Å². The molecular formula is C17H16F3NO. The molecule has 0 bridgehead atoms. The number of halogens is 3. The zero-order valence-electron chi connectivity index (χ0n) is 11.9.